The van der Waals surface area contributed by atoms with Crippen molar-refractivity contribution in [2.75, 3.05) is 13.1 Å². The molecule has 0 fully saturated rings. The van der Waals surface area contributed by atoms with E-state index in [0.717, 1.165) is 0 Å². The number of nitrogens with zero attached hydrogens (tertiary/aromatic N) is 2. The number of hydrogen-bond donors (Lipinski definition) is 1. The van der Waals surface area contributed by atoms with Gasteiger partial charge in [-0.05, 0) is 38.6 Å². The van der Waals surface area contributed by atoms with Crippen LogP contribution in [0, 0.1) is 17.1 Å². The first-order valence-electron chi connectivity index (χ1n) is 6.66. The topological polar surface area (TPSA) is 56.1 Å². The zero-order chi connectivity index (χ0) is 15.1. The molecule has 1 amide bonds. The van der Waals surface area contributed by atoms with Crippen LogP contribution < -0.4 is 5.32 Å². The van der Waals surface area contributed by atoms with Gasteiger partial charge in [0.25, 0.3) is 0 Å². The molecule has 0 aliphatic heterocycles. The molecule has 1 rings (SSSR count). The number of rotatable bonds is 6. The summed E-state index contributed by atoms with van der Waals surface area (Å²) in [6.07, 6.45) is 0. The summed E-state index contributed by atoms with van der Waals surface area (Å²) in [6, 6.07) is 6.33. The highest BCUT2D eigenvalue weighted by Gasteiger charge is 2.13. The summed E-state index contributed by atoms with van der Waals surface area (Å²) in [5, 5.41) is 11.6. The lowest BCUT2D eigenvalue weighted by molar-refractivity contribution is -0.122. The van der Waals surface area contributed by atoms with Gasteiger partial charge in [0.1, 0.15) is 5.82 Å². The highest BCUT2D eigenvalue weighted by atomic mass is 19.1. The minimum atomic E-state index is -0.355. The second-order valence-corrected chi connectivity index (χ2v) is 4.94. The van der Waals surface area contributed by atoms with Crippen molar-refractivity contribution >= 4 is 5.91 Å². The van der Waals surface area contributed by atoms with E-state index in [9.17, 15) is 9.18 Å². The molecule has 20 heavy (non-hydrogen) atoms. The number of nitrogens with one attached hydrogen (secondary N) is 1. The minimum absolute atomic E-state index is 0.0832. The molecule has 108 valence electrons. The van der Waals surface area contributed by atoms with E-state index in [1.165, 1.54) is 18.2 Å². The first-order valence-corrected chi connectivity index (χ1v) is 6.66. The van der Waals surface area contributed by atoms with Crippen LogP contribution in [0.25, 0.3) is 0 Å². The van der Waals surface area contributed by atoms with Gasteiger partial charge in [0, 0.05) is 18.2 Å². The molecule has 0 radical (unpaired) electrons. The Morgan fingerprint density at radius 2 is 2.20 bits per heavy atom. The van der Waals surface area contributed by atoms with E-state index in [-0.39, 0.29) is 24.3 Å². The quantitative estimate of drug-likeness (QED) is 0.865. The van der Waals surface area contributed by atoms with E-state index < -0.39 is 0 Å². The maximum atomic E-state index is 13.7. The molecule has 1 aromatic carbocycles. The Bertz CT molecular complexity index is 508. The normalized spacial score (nSPS) is 10.7. The van der Waals surface area contributed by atoms with Crippen LogP contribution in [0.3, 0.4) is 0 Å². The largest absolute Gasteiger partial charge is 0.353 e. The first-order chi connectivity index (χ1) is 9.46. The molecule has 0 aliphatic rings. The third-order valence-corrected chi connectivity index (χ3v) is 2.83. The van der Waals surface area contributed by atoms with Gasteiger partial charge in [0.2, 0.25) is 5.91 Å². The molecule has 0 saturated heterocycles. The van der Waals surface area contributed by atoms with Gasteiger partial charge in [-0.25, -0.2) is 4.39 Å². The van der Waals surface area contributed by atoms with Crippen molar-refractivity contribution in [2.24, 2.45) is 0 Å². The van der Waals surface area contributed by atoms with Crippen LogP contribution in [0.1, 0.15) is 31.9 Å². The second kappa shape index (κ2) is 7.61. The summed E-state index contributed by atoms with van der Waals surface area (Å²) in [4.78, 5) is 13.6. The Morgan fingerprint density at radius 3 is 2.75 bits per heavy atom. The van der Waals surface area contributed by atoms with Crippen molar-refractivity contribution in [1.82, 2.24) is 10.2 Å². The number of benzene rings is 1. The van der Waals surface area contributed by atoms with Crippen molar-refractivity contribution in [3.8, 4) is 6.07 Å². The minimum Gasteiger partial charge on any atom is -0.353 e. The predicted octanol–water partition coefficient (Wildman–Crippen LogP) is 2.04. The van der Waals surface area contributed by atoms with Crippen molar-refractivity contribution in [3.63, 3.8) is 0 Å². The molecule has 4 nitrogen and oxygen atoms in total. The standard InChI is InChI=1S/C15H20FN3O/c1-4-19(10-15(20)18-11(2)3)9-13-7-12(8-17)5-6-14(13)16/h5-7,11H,4,9-10H2,1-3H3,(H,18,20). The lowest BCUT2D eigenvalue weighted by Gasteiger charge is -2.21. The fourth-order valence-corrected chi connectivity index (χ4v) is 1.86. The monoisotopic (exact) mass is 277 g/mol. The Labute approximate surface area is 119 Å². The molecule has 0 aromatic heterocycles. The molecular weight excluding hydrogens is 257 g/mol. The average molecular weight is 277 g/mol. The van der Waals surface area contributed by atoms with Crippen molar-refractivity contribution in [1.29, 1.82) is 5.26 Å². The van der Waals surface area contributed by atoms with Crippen molar-refractivity contribution < 1.29 is 9.18 Å². The van der Waals surface area contributed by atoms with Crippen LogP contribution in [0.15, 0.2) is 18.2 Å². The van der Waals surface area contributed by atoms with Gasteiger partial charge in [0.15, 0.2) is 0 Å². The fourth-order valence-electron chi connectivity index (χ4n) is 1.86. The van der Waals surface area contributed by atoms with E-state index in [1.54, 1.807) is 0 Å². The third-order valence-electron chi connectivity index (χ3n) is 2.83. The molecule has 0 heterocycles. The van der Waals surface area contributed by atoms with Crippen LogP contribution >= 0.6 is 0 Å². The summed E-state index contributed by atoms with van der Waals surface area (Å²) in [5.74, 6) is -0.439. The number of hydrogen-bond acceptors (Lipinski definition) is 3. The highest BCUT2D eigenvalue weighted by Crippen LogP contribution is 2.12. The van der Waals surface area contributed by atoms with Gasteiger partial charge in [-0.3, -0.25) is 9.69 Å². The highest BCUT2D eigenvalue weighted by molar-refractivity contribution is 5.78. The molecule has 0 unspecified atom stereocenters. The number of halogens is 1. The maximum absolute atomic E-state index is 13.7. The number of carbonyl (C=O) groups is 1. The van der Waals surface area contributed by atoms with Crippen LogP contribution in [0.5, 0.6) is 0 Å². The van der Waals surface area contributed by atoms with Crippen LogP contribution in [-0.2, 0) is 11.3 Å². The van der Waals surface area contributed by atoms with E-state index in [1.807, 2.05) is 31.7 Å². The van der Waals surface area contributed by atoms with Crippen molar-refractivity contribution in [3.05, 3.63) is 35.1 Å². The Morgan fingerprint density at radius 1 is 1.50 bits per heavy atom. The molecule has 0 bridgehead atoms. The third kappa shape index (κ3) is 4.98. The fraction of sp³-hybridized carbons (Fsp3) is 0.467. The average Bonchev–Trinajstić information content (AvgIpc) is 2.39. The lowest BCUT2D eigenvalue weighted by atomic mass is 10.1. The molecular formula is C15H20FN3O. The molecule has 5 heteroatoms. The first kappa shape index (κ1) is 16.1. The van der Waals surface area contributed by atoms with Crippen LogP contribution in [-0.4, -0.2) is 29.9 Å². The number of carbonyl (C=O) groups excluding carboxylic acids is 1. The SMILES string of the molecule is CCN(CC(=O)NC(C)C)Cc1cc(C#N)ccc1F. The molecule has 0 atom stereocenters. The number of nitriles is 1. The Kier molecular flexibility index (Phi) is 6.13. The van der Waals surface area contributed by atoms with E-state index >= 15 is 0 Å². The van der Waals surface area contributed by atoms with E-state index in [0.29, 0.717) is 24.2 Å². The smallest absolute Gasteiger partial charge is 0.234 e. The molecule has 0 aliphatic carbocycles. The van der Waals surface area contributed by atoms with Crippen molar-refractivity contribution in [2.45, 2.75) is 33.4 Å². The van der Waals surface area contributed by atoms with Gasteiger partial charge in [-0.2, -0.15) is 5.26 Å². The molecule has 1 N–H and O–H groups in total. The summed E-state index contributed by atoms with van der Waals surface area (Å²) < 4.78 is 13.7. The van der Waals surface area contributed by atoms with Gasteiger partial charge >= 0.3 is 0 Å². The zero-order valence-electron chi connectivity index (χ0n) is 12.1. The summed E-state index contributed by atoms with van der Waals surface area (Å²) in [7, 11) is 0. The summed E-state index contributed by atoms with van der Waals surface area (Å²) >= 11 is 0. The molecule has 0 saturated carbocycles. The molecule has 0 spiro atoms. The van der Waals surface area contributed by atoms with Gasteiger partial charge < -0.3 is 5.32 Å². The van der Waals surface area contributed by atoms with E-state index in [4.69, 9.17) is 5.26 Å². The molecule has 1 aromatic rings. The van der Waals surface area contributed by atoms with Crippen LogP contribution in [0.4, 0.5) is 4.39 Å². The second-order valence-electron chi connectivity index (χ2n) is 4.94. The van der Waals surface area contributed by atoms with Crippen LogP contribution in [0.2, 0.25) is 0 Å². The predicted molar refractivity (Wildman–Crippen MR) is 75.3 cm³/mol. The number of likely N-dealkylation sites (N-methyl/N-ethyl adjacent to an activating group) is 1. The summed E-state index contributed by atoms with van der Waals surface area (Å²) in [5.41, 5.74) is 0.854. The number of amides is 1. The summed E-state index contributed by atoms with van der Waals surface area (Å²) in [6.45, 7) is 6.85. The van der Waals surface area contributed by atoms with Gasteiger partial charge in [-0.15, -0.1) is 0 Å². The Hall–Kier alpha value is -1.93. The Balaban J connectivity index is 2.73. The van der Waals surface area contributed by atoms with Gasteiger partial charge in [0.05, 0.1) is 18.2 Å². The maximum Gasteiger partial charge on any atom is 0.234 e. The lowest BCUT2D eigenvalue weighted by Crippen LogP contribution is -2.39. The zero-order valence-corrected chi connectivity index (χ0v) is 12.1. The van der Waals surface area contributed by atoms with E-state index in [2.05, 4.69) is 5.32 Å². The van der Waals surface area contributed by atoms with Gasteiger partial charge in [-0.1, -0.05) is 6.92 Å².